The van der Waals surface area contributed by atoms with E-state index in [-0.39, 0.29) is 11.5 Å². The quantitative estimate of drug-likeness (QED) is 0.129. The summed E-state index contributed by atoms with van der Waals surface area (Å²) in [4.78, 5) is 0. The fourth-order valence-corrected chi connectivity index (χ4v) is 3.79. The molecule has 0 aromatic heterocycles. The van der Waals surface area contributed by atoms with Gasteiger partial charge < -0.3 is 30.3 Å². The van der Waals surface area contributed by atoms with Crippen molar-refractivity contribution in [2.24, 2.45) is 5.16 Å². The average Bonchev–Trinajstić information content (AvgIpc) is 2.66. The van der Waals surface area contributed by atoms with Crippen LogP contribution >= 0.6 is 11.8 Å². The number of hydrogen-bond acceptors (Lipinski definition) is 11. The fourth-order valence-electron chi connectivity index (χ4n) is 2.45. The first-order valence-electron chi connectivity index (χ1n) is 8.05. The molecule has 11 nitrogen and oxygen atoms in total. The highest BCUT2D eigenvalue weighted by Crippen LogP contribution is 2.32. The molecule has 13 heteroatoms. The molecule has 0 amide bonds. The maximum Gasteiger partial charge on any atom is 0.466 e. The molecule has 1 aromatic rings. The van der Waals surface area contributed by atoms with Crippen molar-refractivity contribution in [3.8, 4) is 0 Å². The van der Waals surface area contributed by atoms with Crippen LogP contribution in [0.4, 0.5) is 0 Å². The van der Waals surface area contributed by atoms with Crippen LogP contribution in [0.2, 0.25) is 0 Å². The number of nitrogens with zero attached hydrogens (tertiary/aromatic N) is 1. The Kier molecular flexibility index (Phi) is 8.18. The second-order valence-electron chi connectivity index (χ2n) is 5.93. The summed E-state index contributed by atoms with van der Waals surface area (Å²) in [6.45, 7) is -0.650. The first-order valence-corrected chi connectivity index (χ1v) is 10.3. The zero-order chi connectivity index (χ0) is 20.9. The minimum absolute atomic E-state index is 0.196. The molecule has 1 saturated heterocycles. The van der Waals surface area contributed by atoms with Gasteiger partial charge in [-0.1, -0.05) is 47.2 Å². The lowest BCUT2D eigenvalue weighted by Gasteiger charge is -2.39. The number of aliphatic hydroxyl groups excluding tert-OH is 5. The minimum Gasteiger partial charge on any atom is -0.394 e. The Morgan fingerprint density at radius 1 is 1.18 bits per heavy atom. The molecule has 1 fully saturated rings. The molecule has 1 heterocycles. The van der Waals surface area contributed by atoms with Crippen LogP contribution in [-0.2, 0) is 19.4 Å². The van der Waals surface area contributed by atoms with Crippen LogP contribution in [0.25, 0.3) is 0 Å². The van der Waals surface area contributed by atoms with Crippen molar-refractivity contribution in [1.29, 1.82) is 0 Å². The SMILES string of the molecule is O=S(=O)(O)O/N=C(\CC(O)c1ccccc1)S[C@@H]1O[C@H](CO)[C@@H](O)[C@H](O)[C@H]1O. The van der Waals surface area contributed by atoms with Crippen molar-refractivity contribution in [3.05, 3.63) is 35.9 Å². The molecular formula is C15H21NO10S2. The lowest BCUT2D eigenvalue weighted by molar-refractivity contribution is -0.205. The Bertz CT molecular complexity index is 757. The molecule has 6 atom stereocenters. The Labute approximate surface area is 165 Å². The maximum absolute atomic E-state index is 10.8. The van der Waals surface area contributed by atoms with Gasteiger partial charge >= 0.3 is 10.4 Å². The van der Waals surface area contributed by atoms with Gasteiger partial charge in [-0.2, -0.15) is 8.42 Å². The predicted octanol–water partition coefficient (Wildman–Crippen LogP) is -1.22. The van der Waals surface area contributed by atoms with Gasteiger partial charge in [0.2, 0.25) is 0 Å². The Hall–Kier alpha value is -1.29. The summed E-state index contributed by atoms with van der Waals surface area (Å²) in [7, 11) is -4.92. The van der Waals surface area contributed by atoms with Crippen LogP contribution < -0.4 is 0 Å². The summed E-state index contributed by atoms with van der Waals surface area (Å²) in [6, 6.07) is 8.31. The van der Waals surface area contributed by atoms with Gasteiger partial charge in [0.15, 0.2) is 0 Å². The van der Waals surface area contributed by atoms with Crippen molar-refractivity contribution in [2.45, 2.75) is 42.4 Å². The van der Waals surface area contributed by atoms with Gasteiger partial charge in [0.25, 0.3) is 0 Å². The zero-order valence-electron chi connectivity index (χ0n) is 14.3. The third kappa shape index (κ3) is 6.37. The summed E-state index contributed by atoms with van der Waals surface area (Å²) in [6.07, 6.45) is -7.43. The number of thioether (sulfide) groups is 1. The average molecular weight is 439 g/mol. The topological polar surface area (TPSA) is 186 Å². The Morgan fingerprint density at radius 2 is 1.82 bits per heavy atom. The van der Waals surface area contributed by atoms with Gasteiger partial charge in [0.05, 0.1) is 12.7 Å². The van der Waals surface area contributed by atoms with E-state index in [1.165, 1.54) is 0 Å². The predicted molar refractivity (Wildman–Crippen MR) is 97.4 cm³/mol. The van der Waals surface area contributed by atoms with Gasteiger partial charge in [-0.25, -0.2) is 4.28 Å². The monoisotopic (exact) mass is 439 g/mol. The maximum atomic E-state index is 10.8. The molecule has 1 aliphatic rings. The van der Waals surface area contributed by atoms with Crippen LogP contribution in [0.5, 0.6) is 0 Å². The molecule has 0 saturated carbocycles. The third-order valence-corrected chi connectivity index (χ3v) is 5.28. The van der Waals surface area contributed by atoms with E-state index in [0.29, 0.717) is 17.3 Å². The molecular weight excluding hydrogens is 418 g/mol. The van der Waals surface area contributed by atoms with Crippen molar-refractivity contribution in [2.75, 3.05) is 6.61 Å². The van der Waals surface area contributed by atoms with Crippen molar-refractivity contribution in [1.82, 2.24) is 0 Å². The molecule has 1 aromatic carbocycles. The van der Waals surface area contributed by atoms with E-state index in [2.05, 4.69) is 9.44 Å². The molecule has 158 valence electrons. The summed E-state index contributed by atoms with van der Waals surface area (Å²) >= 11 is 0.597. The summed E-state index contributed by atoms with van der Waals surface area (Å²) in [5.41, 5.74) is -0.793. The first kappa shape index (κ1) is 23.0. The molecule has 2 rings (SSSR count). The zero-order valence-corrected chi connectivity index (χ0v) is 16.0. The van der Waals surface area contributed by atoms with Crippen molar-refractivity contribution < 1.29 is 47.5 Å². The van der Waals surface area contributed by atoms with Gasteiger partial charge in [0, 0.05) is 6.42 Å². The standard InChI is InChI=1S/C15H21NO10S2/c17-7-10-12(19)13(20)14(21)15(25-10)27-11(16-26-28(22,23)24)6-9(18)8-4-2-1-3-5-8/h1-5,9-10,12-15,17-21H,6-7H2,(H,22,23,24)/b16-11+/t9?,10-,12-,13+,14-,15+/m1/s1. The minimum atomic E-state index is -4.92. The van der Waals surface area contributed by atoms with E-state index in [1.807, 2.05) is 0 Å². The van der Waals surface area contributed by atoms with E-state index in [9.17, 15) is 34.0 Å². The van der Waals surface area contributed by atoms with E-state index >= 15 is 0 Å². The number of oxime groups is 1. The molecule has 28 heavy (non-hydrogen) atoms. The largest absolute Gasteiger partial charge is 0.466 e. The second kappa shape index (κ2) is 9.96. The van der Waals surface area contributed by atoms with E-state index in [0.717, 1.165) is 0 Å². The van der Waals surface area contributed by atoms with Crippen LogP contribution in [0.15, 0.2) is 35.5 Å². The molecule has 0 aliphatic carbocycles. The van der Waals surface area contributed by atoms with Crippen LogP contribution in [0.3, 0.4) is 0 Å². The van der Waals surface area contributed by atoms with Gasteiger partial charge in [-0.15, -0.1) is 0 Å². The van der Waals surface area contributed by atoms with Gasteiger partial charge in [-0.3, -0.25) is 4.55 Å². The lowest BCUT2D eigenvalue weighted by atomic mass is 10.0. The summed E-state index contributed by atoms with van der Waals surface area (Å²) in [5.74, 6) is 0. The second-order valence-corrected chi connectivity index (χ2v) is 8.11. The molecule has 6 N–H and O–H groups in total. The normalized spacial score (nSPS) is 30.1. The Balaban J connectivity index is 2.19. The summed E-state index contributed by atoms with van der Waals surface area (Å²) in [5, 5.41) is 52.3. The molecule has 0 radical (unpaired) electrons. The van der Waals surface area contributed by atoms with Crippen molar-refractivity contribution >= 4 is 27.2 Å². The molecule has 1 unspecified atom stereocenters. The van der Waals surface area contributed by atoms with E-state index in [4.69, 9.17) is 9.29 Å². The van der Waals surface area contributed by atoms with E-state index < -0.39 is 53.0 Å². The number of ether oxygens (including phenoxy) is 1. The third-order valence-electron chi connectivity index (χ3n) is 3.89. The number of benzene rings is 1. The van der Waals surface area contributed by atoms with Crippen LogP contribution in [0, 0.1) is 0 Å². The highest BCUT2D eigenvalue weighted by molar-refractivity contribution is 8.14. The highest BCUT2D eigenvalue weighted by atomic mass is 32.3. The smallest absolute Gasteiger partial charge is 0.394 e. The van der Waals surface area contributed by atoms with Gasteiger partial charge in [0.1, 0.15) is 34.9 Å². The van der Waals surface area contributed by atoms with Gasteiger partial charge in [-0.05, 0) is 5.56 Å². The molecule has 0 spiro atoms. The van der Waals surface area contributed by atoms with Crippen molar-refractivity contribution in [3.63, 3.8) is 0 Å². The molecule has 1 aliphatic heterocycles. The van der Waals surface area contributed by atoms with E-state index in [1.54, 1.807) is 30.3 Å². The Morgan fingerprint density at radius 3 is 2.39 bits per heavy atom. The highest BCUT2D eigenvalue weighted by Gasteiger charge is 2.44. The lowest BCUT2D eigenvalue weighted by Crippen LogP contribution is -2.57. The molecule has 0 bridgehead atoms. The number of rotatable bonds is 7. The fraction of sp³-hybridized carbons (Fsp3) is 0.533. The first-order chi connectivity index (χ1) is 13.1. The number of aliphatic hydroxyl groups is 5. The van der Waals surface area contributed by atoms with Crippen LogP contribution in [-0.4, -0.2) is 80.0 Å². The van der Waals surface area contributed by atoms with Crippen LogP contribution in [0.1, 0.15) is 18.1 Å². The summed E-state index contributed by atoms with van der Waals surface area (Å²) < 4.78 is 39.6. The number of hydrogen-bond donors (Lipinski definition) is 6.